The van der Waals surface area contributed by atoms with Crippen LogP contribution in [0.5, 0.6) is 0 Å². The second kappa shape index (κ2) is 7.94. The molecule has 7 rings (SSSR count). The predicted octanol–water partition coefficient (Wildman–Crippen LogP) is 4.79. The van der Waals surface area contributed by atoms with Crippen molar-refractivity contribution in [1.82, 2.24) is 4.90 Å². The summed E-state index contributed by atoms with van der Waals surface area (Å²) < 4.78 is 11.8. The molecule has 178 valence electrons. The molecule has 1 amide bonds. The molecule has 5 heteroatoms. The molecule has 2 atom stereocenters. The Kier molecular flexibility index (Phi) is 4.80. The van der Waals surface area contributed by atoms with Crippen LogP contribution in [0, 0.1) is 0 Å². The maximum atomic E-state index is 13.4. The fourth-order valence-electron chi connectivity index (χ4n) is 6.66. The summed E-state index contributed by atoms with van der Waals surface area (Å²) in [6, 6.07) is 22.7. The molecule has 1 N–H and O–H groups in total. The van der Waals surface area contributed by atoms with Crippen LogP contribution in [0.4, 0.5) is 4.79 Å². The fourth-order valence-corrected chi connectivity index (χ4v) is 6.66. The molecule has 0 spiro atoms. The molecule has 0 radical (unpaired) electrons. The first-order valence-corrected chi connectivity index (χ1v) is 12.7. The van der Waals surface area contributed by atoms with Gasteiger partial charge in [-0.05, 0) is 51.8 Å². The highest BCUT2D eigenvalue weighted by Crippen LogP contribution is 2.45. The molecule has 2 heterocycles. The second-order valence-corrected chi connectivity index (χ2v) is 10.5. The first kappa shape index (κ1) is 21.2. The van der Waals surface area contributed by atoms with Crippen molar-refractivity contribution >= 4 is 6.09 Å². The van der Waals surface area contributed by atoms with Crippen molar-refractivity contribution in [3.8, 4) is 11.1 Å². The minimum absolute atomic E-state index is 0.0339. The summed E-state index contributed by atoms with van der Waals surface area (Å²) in [6.07, 6.45) is 2.84. The highest BCUT2D eigenvalue weighted by Gasteiger charge is 2.49. The normalized spacial score (nSPS) is 26.4. The van der Waals surface area contributed by atoms with E-state index in [1.807, 2.05) is 17.0 Å². The summed E-state index contributed by atoms with van der Waals surface area (Å²) in [5.41, 5.74) is 7.61. The number of hydrogen-bond donors (Lipinski definition) is 1. The van der Waals surface area contributed by atoms with Gasteiger partial charge in [-0.25, -0.2) is 4.79 Å². The van der Waals surface area contributed by atoms with Crippen molar-refractivity contribution in [3.63, 3.8) is 0 Å². The minimum Gasteiger partial charge on any atom is -0.448 e. The summed E-state index contributed by atoms with van der Waals surface area (Å²) in [7, 11) is 0. The summed E-state index contributed by atoms with van der Waals surface area (Å²) in [4.78, 5) is 15.3. The molecule has 0 saturated carbocycles. The zero-order valence-corrected chi connectivity index (χ0v) is 19.7. The van der Waals surface area contributed by atoms with Gasteiger partial charge < -0.3 is 14.6 Å². The Morgan fingerprint density at radius 1 is 0.914 bits per heavy atom. The van der Waals surface area contributed by atoms with Gasteiger partial charge in [0, 0.05) is 18.8 Å². The molecule has 4 aliphatic rings. The molecular weight excluding hydrogens is 438 g/mol. The van der Waals surface area contributed by atoms with Crippen molar-refractivity contribution in [1.29, 1.82) is 0 Å². The Morgan fingerprint density at radius 3 is 2.14 bits per heavy atom. The lowest BCUT2D eigenvalue weighted by atomic mass is 9.75. The Labute approximate surface area is 205 Å². The van der Waals surface area contributed by atoms with Gasteiger partial charge in [-0.2, -0.15) is 0 Å². The Bertz CT molecular complexity index is 1260. The average molecular weight is 468 g/mol. The van der Waals surface area contributed by atoms with E-state index < -0.39 is 5.60 Å². The lowest BCUT2D eigenvalue weighted by molar-refractivity contribution is -0.136. The van der Waals surface area contributed by atoms with Crippen LogP contribution < -0.4 is 0 Å². The van der Waals surface area contributed by atoms with E-state index in [0.29, 0.717) is 32.7 Å². The SMILES string of the molecule is O=C(OCC1c2ccccc2-c2ccccc21)N1C2COCC1CC(O)(c1ccc3c(c1)CC3)C2. The monoisotopic (exact) mass is 467 g/mol. The molecule has 2 bridgehead atoms. The van der Waals surface area contributed by atoms with Crippen molar-refractivity contribution in [2.75, 3.05) is 19.8 Å². The van der Waals surface area contributed by atoms with Crippen molar-refractivity contribution in [2.24, 2.45) is 0 Å². The van der Waals surface area contributed by atoms with E-state index >= 15 is 0 Å². The first-order chi connectivity index (χ1) is 17.1. The maximum absolute atomic E-state index is 13.4. The first-order valence-electron chi connectivity index (χ1n) is 12.7. The molecule has 3 aromatic rings. The largest absolute Gasteiger partial charge is 0.448 e. The van der Waals surface area contributed by atoms with Crippen LogP contribution in [0.2, 0.25) is 0 Å². The van der Waals surface area contributed by atoms with Gasteiger partial charge in [0.05, 0.1) is 30.9 Å². The van der Waals surface area contributed by atoms with Gasteiger partial charge in [-0.1, -0.05) is 66.7 Å². The lowest BCUT2D eigenvalue weighted by Gasteiger charge is -2.51. The Balaban J connectivity index is 1.10. The van der Waals surface area contributed by atoms with Crippen LogP contribution in [-0.2, 0) is 27.9 Å². The topological polar surface area (TPSA) is 59.0 Å². The molecule has 2 fully saturated rings. The van der Waals surface area contributed by atoms with Crippen molar-refractivity contribution in [3.05, 3.63) is 94.5 Å². The van der Waals surface area contributed by atoms with Gasteiger partial charge in [0.1, 0.15) is 6.61 Å². The minimum atomic E-state index is -0.941. The van der Waals surface area contributed by atoms with Crippen LogP contribution in [-0.4, -0.2) is 48.0 Å². The van der Waals surface area contributed by atoms with Crippen LogP contribution in [0.1, 0.15) is 46.6 Å². The molecule has 2 aliphatic heterocycles. The highest BCUT2D eigenvalue weighted by atomic mass is 16.6. The van der Waals surface area contributed by atoms with Gasteiger partial charge in [-0.15, -0.1) is 0 Å². The van der Waals surface area contributed by atoms with Crippen LogP contribution in [0.15, 0.2) is 66.7 Å². The van der Waals surface area contributed by atoms with E-state index in [0.717, 1.165) is 18.4 Å². The number of carbonyl (C=O) groups excluding carboxylic acids is 1. The number of ether oxygens (including phenoxy) is 2. The van der Waals surface area contributed by atoms with Crippen molar-refractivity contribution < 1.29 is 19.4 Å². The molecule has 3 aromatic carbocycles. The van der Waals surface area contributed by atoms with E-state index in [4.69, 9.17) is 9.47 Å². The number of benzene rings is 3. The van der Waals surface area contributed by atoms with Gasteiger partial charge in [0.15, 0.2) is 0 Å². The van der Waals surface area contributed by atoms with Crippen LogP contribution in [0.25, 0.3) is 11.1 Å². The van der Waals surface area contributed by atoms with Gasteiger partial charge >= 0.3 is 6.09 Å². The third kappa shape index (κ3) is 3.33. The average Bonchev–Trinajstić information content (AvgIpc) is 3.16. The zero-order chi connectivity index (χ0) is 23.6. The molecule has 0 aromatic heterocycles. The summed E-state index contributed by atoms with van der Waals surface area (Å²) in [5, 5.41) is 11.7. The molecule has 35 heavy (non-hydrogen) atoms. The number of fused-ring (bicyclic) bond motifs is 6. The van der Waals surface area contributed by atoms with Gasteiger partial charge in [-0.3, -0.25) is 4.90 Å². The predicted molar refractivity (Wildman–Crippen MR) is 132 cm³/mol. The standard InChI is InChI=1S/C30H29NO4/c32-29(35-18-28-26-7-3-1-5-24(26)25-6-2-4-8-27(25)28)31-22-14-30(33,15-23(31)17-34-16-22)21-12-11-19-9-10-20(19)13-21/h1-8,11-13,22-23,28,33H,9-10,14-18H2. The lowest BCUT2D eigenvalue weighted by Crippen LogP contribution is -2.62. The fraction of sp³-hybridized carbons (Fsp3) is 0.367. The third-order valence-electron chi connectivity index (χ3n) is 8.51. The van der Waals surface area contributed by atoms with E-state index in [9.17, 15) is 9.90 Å². The Hall–Kier alpha value is -3.15. The number of rotatable bonds is 3. The summed E-state index contributed by atoms with van der Waals surface area (Å²) in [5.74, 6) is 0.0339. The van der Waals surface area contributed by atoms with Crippen molar-refractivity contribution in [2.45, 2.75) is 49.3 Å². The van der Waals surface area contributed by atoms with E-state index in [2.05, 4.69) is 54.6 Å². The zero-order valence-electron chi connectivity index (χ0n) is 19.7. The number of aryl methyl sites for hydroxylation is 2. The molecule has 2 saturated heterocycles. The number of piperidine rings is 1. The number of morpholine rings is 1. The molecule has 2 unspecified atom stereocenters. The maximum Gasteiger partial charge on any atom is 0.410 e. The molecule has 5 nitrogen and oxygen atoms in total. The summed E-state index contributed by atoms with van der Waals surface area (Å²) in [6.45, 7) is 1.15. The molecular formula is C30H29NO4. The number of hydrogen-bond acceptors (Lipinski definition) is 4. The second-order valence-electron chi connectivity index (χ2n) is 10.5. The quantitative estimate of drug-likeness (QED) is 0.602. The van der Waals surface area contributed by atoms with E-state index in [1.165, 1.54) is 33.4 Å². The van der Waals surface area contributed by atoms with E-state index in [1.54, 1.807) is 0 Å². The highest BCUT2D eigenvalue weighted by molar-refractivity contribution is 5.79. The summed E-state index contributed by atoms with van der Waals surface area (Å²) >= 11 is 0. The van der Waals surface area contributed by atoms with Gasteiger partial charge in [0.25, 0.3) is 0 Å². The number of aliphatic hydroxyl groups is 1. The third-order valence-corrected chi connectivity index (χ3v) is 8.51. The van der Waals surface area contributed by atoms with E-state index in [-0.39, 0.29) is 24.1 Å². The van der Waals surface area contributed by atoms with Crippen LogP contribution in [0.3, 0.4) is 0 Å². The smallest absolute Gasteiger partial charge is 0.410 e. The number of carbonyl (C=O) groups is 1. The van der Waals surface area contributed by atoms with Gasteiger partial charge in [0.2, 0.25) is 0 Å². The van der Waals surface area contributed by atoms with Crippen LogP contribution >= 0.6 is 0 Å². The molecule has 2 aliphatic carbocycles. The Morgan fingerprint density at radius 2 is 1.54 bits per heavy atom. The number of nitrogens with zero attached hydrogens (tertiary/aromatic N) is 1. The number of amides is 1.